The van der Waals surface area contributed by atoms with Crippen LogP contribution in [0.3, 0.4) is 0 Å². The standard InChI is InChI=1S/C17H34N2/c1-3-17(15-9-5-4-6-10-15)19-14(2)13-16-11-7-8-12-18-16/h14-19H,3-13H2,1-2H3. The fourth-order valence-electron chi connectivity index (χ4n) is 4.11. The van der Waals surface area contributed by atoms with Crippen LogP contribution in [-0.4, -0.2) is 24.7 Å². The third kappa shape index (κ3) is 5.07. The van der Waals surface area contributed by atoms with Crippen LogP contribution in [0.2, 0.25) is 0 Å². The van der Waals surface area contributed by atoms with Gasteiger partial charge in [-0.25, -0.2) is 0 Å². The number of piperidine rings is 1. The van der Waals surface area contributed by atoms with Crippen LogP contribution in [-0.2, 0) is 0 Å². The highest BCUT2D eigenvalue weighted by Crippen LogP contribution is 2.28. The van der Waals surface area contributed by atoms with Crippen molar-refractivity contribution in [2.75, 3.05) is 6.54 Å². The van der Waals surface area contributed by atoms with Crippen molar-refractivity contribution >= 4 is 0 Å². The van der Waals surface area contributed by atoms with Gasteiger partial charge in [-0.15, -0.1) is 0 Å². The van der Waals surface area contributed by atoms with Crippen molar-refractivity contribution in [2.45, 2.75) is 96.2 Å². The van der Waals surface area contributed by atoms with Crippen molar-refractivity contribution < 1.29 is 0 Å². The maximum absolute atomic E-state index is 3.94. The fraction of sp³-hybridized carbons (Fsp3) is 1.00. The second kappa shape index (κ2) is 8.26. The summed E-state index contributed by atoms with van der Waals surface area (Å²) in [4.78, 5) is 0. The highest BCUT2D eigenvalue weighted by atomic mass is 15.0. The maximum Gasteiger partial charge on any atom is 0.00951 e. The van der Waals surface area contributed by atoms with Gasteiger partial charge in [-0.05, 0) is 57.9 Å². The predicted octanol–water partition coefficient (Wildman–Crippen LogP) is 3.86. The summed E-state index contributed by atoms with van der Waals surface area (Å²) >= 11 is 0. The Balaban J connectivity index is 1.73. The van der Waals surface area contributed by atoms with Crippen LogP contribution in [0, 0.1) is 5.92 Å². The van der Waals surface area contributed by atoms with Gasteiger partial charge in [0.1, 0.15) is 0 Å². The monoisotopic (exact) mass is 266 g/mol. The first-order chi connectivity index (χ1) is 9.29. The lowest BCUT2D eigenvalue weighted by atomic mass is 9.82. The molecule has 0 amide bonds. The second-order valence-corrected chi connectivity index (χ2v) is 6.86. The first-order valence-corrected chi connectivity index (χ1v) is 8.79. The Labute approximate surface area is 120 Å². The van der Waals surface area contributed by atoms with E-state index in [-0.39, 0.29) is 0 Å². The first-order valence-electron chi connectivity index (χ1n) is 8.79. The molecular weight excluding hydrogens is 232 g/mol. The van der Waals surface area contributed by atoms with Crippen LogP contribution < -0.4 is 10.6 Å². The molecule has 2 heteroatoms. The third-order valence-electron chi connectivity index (χ3n) is 5.21. The lowest BCUT2D eigenvalue weighted by Crippen LogP contribution is -2.45. The Morgan fingerprint density at radius 1 is 1.05 bits per heavy atom. The van der Waals surface area contributed by atoms with Gasteiger partial charge in [0.25, 0.3) is 0 Å². The summed E-state index contributed by atoms with van der Waals surface area (Å²) in [5.41, 5.74) is 0. The lowest BCUT2D eigenvalue weighted by molar-refractivity contribution is 0.236. The summed E-state index contributed by atoms with van der Waals surface area (Å²) < 4.78 is 0. The molecule has 0 aromatic carbocycles. The highest BCUT2D eigenvalue weighted by Gasteiger charge is 2.24. The van der Waals surface area contributed by atoms with Crippen LogP contribution in [0.5, 0.6) is 0 Å². The summed E-state index contributed by atoms with van der Waals surface area (Å²) in [6.45, 7) is 5.98. The minimum absolute atomic E-state index is 0.669. The molecule has 2 rings (SSSR count). The average molecular weight is 266 g/mol. The number of rotatable bonds is 6. The molecule has 3 unspecified atom stereocenters. The second-order valence-electron chi connectivity index (χ2n) is 6.86. The molecule has 3 atom stereocenters. The first kappa shape index (κ1) is 15.3. The van der Waals surface area contributed by atoms with E-state index in [1.807, 2.05) is 0 Å². The van der Waals surface area contributed by atoms with Crippen LogP contribution >= 0.6 is 0 Å². The summed E-state index contributed by atoms with van der Waals surface area (Å²) in [5, 5.41) is 7.62. The van der Waals surface area contributed by atoms with Crippen LogP contribution in [0.1, 0.15) is 78.1 Å². The quantitative estimate of drug-likeness (QED) is 0.763. The Morgan fingerprint density at radius 2 is 1.79 bits per heavy atom. The van der Waals surface area contributed by atoms with E-state index < -0.39 is 0 Å². The van der Waals surface area contributed by atoms with E-state index in [0.29, 0.717) is 6.04 Å². The molecule has 2 fully saturated rings. The number of hydrogen-bond donors (Lipinski definition) is 2. The van der Waals surface area contributed by atoms with Crippen molar-refractivity contribution in [3.63, 3.8) is 0 Å². The zero-order valence-electron chi connectivity index (χ0n) is 13.1. The molecule has 1 aliphatic carbocycles. The maximum atomic E-state index is 3.94. The van der Waals surface area contributed by atoms with Crippen molar-refractivity contribution in [3.05, 3.63) is 0 Å². The van der Waals surface area contributed by atoms with Gasteiger partial charge in [0.15, 0.2) is 0 Å². The van der Waals surface area contributed by atoms with Crippen LogP contribution in [0.15, 0.2) is 0 Å². The Morgan fingerprint density at radius 3 is 2.42 bits per heavy atom. The zero-order valence-corrected chi connectivity index (χ0v) is 13.1. The van der Waals surface area contributed by atoms with E-state index in [4.69, 9.17) is 0 Å². The van der Waals surface area contributed by atoms with Crippen molar-refractivity contribution in [1.29, 1.82) is 0 Å². The molecule has 1 saturated carbocycles. The Bertz CT molecular complexity index is 229. The van der Waals surface area contributed by atoms with Gasteiger partial charge in [0.2, 0.25) is 0 Å². The molecule has 2 N–H and O–H groups in total. The third-order valence-corrected chi connectivity index (χ3v) is 5.21. The van der Waals surface area contributed by atoms with Crippen LogP contribution in [0.25, 0.3) is 0 Å². The molecule has 1 saturated heterocycles. The van der Waals surface area contributed by atoms with Crippen LogP contribution in [0.4, 0.5) is 0 Å². The predicted molar refractivity (Wildman–Crippen MR) is 83.5 cm³/mol. The summed E-state index contributed by atoms with van der Waals surface area (Å²) in [6, 6.07) is 2.20. The van der Waals surface area contributed by atoms with E-state index in [2.05, 4.69) is 24.5 Å². The van der Waals surface area contributed by atoms with E-state index in [1.165, 1.54) is 70.8 Å². The SMILES string of the molecule is CCC(NC(C)CC1CCCCN1)C1CCCCC1. The molecule has 2 aliphatic rings. The van der Waals surface area contributed by atoms with Gasteiger partial charge in [0.05, 0.1) is 0 Å². The average Bonchev–Trinajstić information content (AvgIpc) is 2.47. The molecule has 0 aromatic heterocycles. The fourth-order valence-corrected chi connectivity index (χ4v) is 4.11. The normalized spacial score (nSPS) is 29.1. The highest BCUT2D eigenvalue weighted by molar-refractivity contribution is 4.83. The molecule has 1 heterocycles. The minimum atomic E-state index is 0.669. The Hall–Kier alpha value is -0.0800. The van der Waals surface area contributed by atoms with Gasteiger partial charge >= 0.3 is 0 Å². The van der Waals surface area contributed by atoms with E-state index in [9.17, 15) is 0 Å². The van der Waals surface area contributed by atoms with Gasteiger partial charge < -0.3 is 10.6 Å². The van der Waals surface area contributed by atoms with E-state index in [0.717, 1.165) is 18.0 Å². The topological polar surface area (TPSA) is 24.1 Å². The summed E-state index contributed by atoms with van der Waals surface area (Å²) in [7, 11) is 0. The minimum Gasteiger partial charge on any atom is -0.314 e. The number of hydrogen-bond acceptors (Lipinski definition) is 2. The Kier molecular flexibility index (Phi) is 6.66. The van der Waals surface area contributed by atoms with E-state index in [1.54, 1.807) is 0 Å². The molecule has 0 bridgehead atoms. The smallest absolute Gasteiger partial charge is 0.00951 e. The molecule has 19 heavy (non-hydrogen) atoms. The molecular formula is C17H34N2. The van der Waals surface area contributed by atoms with E-state index >= 15 is 0 Å². The lowest BCUT2D eigenvalue weighted by Gasteiger charge is -2.34. The molecule has 1 aliphatic heterocycles. The van der Waals surface area contributed by atoms with Crippen molar-refractivity contribution in [3.8, 4) is 0 Å². The molecule has 0 spiro atoms. The summed E-state index contributed by atoms with van der Waals surface area (Å²) in [5.74, 6) is 0.945. The molecule has 112 valence electrons. The van der Waals surface area contributed by atoms with Gasteiger partial charge in [-0.3, -0.25) is 0 Å². The van der Waals surface area contributed by atoms with Gasteiger partial charge in [-0.2, -0.15) is 0 Å². The zero-order chi connectivity index (χ0) is 13.5. The van der Waals surface area contributed by atoms with Gasteiger partial charge in [0, 0.05) is 18.1 Å². The molecule has 0 radical (unpaired) electrons. The number of nitrogens with one attached hydrogen (secondary N) is 2. The van der Waals surface area contributed by atoms with Gasteiger partial charge in [-0.1, -0.05) is 32.6 Å². The largest absolute Gasteiger partial charge is 0.314 e. The van der Waals surface area contributed by atoms with Crippen molar-refractivity contribution in [1.82, 2.24) is 10.6 Å². The van der Waals surface area contributed by atoms with Crippen molar-refractivity contribution in [2.24, 2.45) is 5.92 Å². The molecule has 0 aromatic rings. The molecule has 2 nitrogen and oxygen atoms in total. The summed E-state index contributed by atoms with van der Waals surface area (Å²) in [6.07, 6.45) is 14.1.